The molecule has 0 saturated heterocycles. The summed E-state index contributed by atoms with van der Waals surface area (Å²) in [4.78, 5) is 10.3. The molecule has 0 aromatic carbocycles. The SMILES string of the molecule is CSCNC(=O)CCl. The van der Waals surface area contributed by atoms with E-state index in [1.54, 1.807) is 11.8 Å². The predicted molar refractivity (Wildman–Crippen MR) is 37.2 cm³/mol. The molecule has 0 saturated carbocycles. The van der Waals surface area contributed by atoms with Crippen LogP contribution in [0.4, 0.5) is 0 Å². The average molecular weight is 154 g/mol. The highest BCUT2D eigenvalue weighted by Gasteiger charge is 1.92. The number of nitrogens with one attached hydrogen (secondary N) is 1. The smallest absolute Gasteiger partial charge is 0.235 e. The zero-order chi connectivity index (χ0) is 6.41. The number of alkyl halides is 1. The van der Waals surface area contributed by atoms with Crippen molar-refractivity contribution in [3.63, 3.8) is 0 Å². The molecule has 0 atom stereocenters. The van der Waals surface area contributed by atoms with Crippen LogP contribution in [0.25, 0.3) is 0 Å². The van der Waals surface area contributed by atoms with Crippen LogP contribution in [0.3, 0.4) is 0 Å². The molecule has 0 aliphatic rings. The molecule has 48 valence electrons. The molecule has 0 aromatic rings. The number of thioether (sulfide) groups is 1. The molecule has 2 nitrogen and oxygen atoms in total. The summed E-state index contributed by atoms with van der Waals surface area (Å²) in [6.45, 7) is 0. The van der Waals surface area contributed by atoms with Crippen molar-refractivity contribution >= 4 is 29.3 Å². The number of hydrogen-bond donors (Lipinski definition) is 1. The van der Waals surface area contributed by atoms with E-state index in [2.05, 4.69) is 5.32 Å². The monoisotopic (exact) mass is 153 g/mol. The van der Waals surface area contributed by atoms with E-state index in [1.165, 1.54) is 0 Å². The molecule has 0 rings (SSSR count). The molecule has 0 spiro atoms. The lowest BCUT2D eigenvalue weighted by Gasteiger charge is -1.96. The van der Waals surface area contributed by atoms with Gasteiger partial charge in [-0.1, -0.05) is 0 Å². The molecule has 4 heteroatoms. The summed E-state index contributed by atoms with van der Waals surface area (Å²) in [5, 5.41) is 2.57. The lowest BCUT2D eigenvalue weighted by atomic mass is 10.7. The summed E-state index contributed by atoms with van der Waals surface area (Å²) in [5.41, 5.74) is 0. The van der Waals surface area contributed by atoms with Crippen LogP contribution in [0.2, 0.25) is 0 Å². The number of rotatable bonds is 3. The van der Waals surface area contributed by atoms with Gasteiger partial charge in [0.05, 0.1) is 5.88 Å². The van der Waals surface area contributed by atoms with Crippen LogP contribution >= 0.6 is 23.4 Å². The topological polar surface area (TPSA) is 29.1 Å². The largest absolute Gasteiger partial charge is 0.346 e. The van der Waals surface area contributed by atoms with Gasteiger partial charge in [0.25, 0.3) is 0 Å². The second-order valence-corrected chi connectivity index (χ2v) is 2.30. The van der Waals surface area contributed by atoms with Crippen LogP contribution in [0.15, 0.2) is 0 Å². The fourth-order valence-corrected chi connectivity index (χ4v) is 0.600. The van der Waals surface area contributed by atoms with Crippen LogP contribution in [-0.4, -0.2) is 23.9 Å². The standard InChI is InChI=1S/C4H8ClNOS/c1-8-3-6-4(7)2-5/h2-3H2,1H3,(H,6,7). The fraction of sp³-hybridized carbons (Fsp3) is 0.750. The van der Waals surface area contributed by atoms with E-state index in [0.29, 0.717) is 5.88 Å². The van der Waals surface area contributed by atoms with Crippen LogP contribution in [0.5, 0.6) is 0 Å². The highest BCUT2D eigenvalue weighted by atomic mass is 35.5. The first-order valence-electron chi connectivity index (χ1n) is 2.13. The molecule has 0 bridgehead atoms. The summed E-state index contributed by atoms with van der Waals surface area (Å²) in [6, 6.07) is 0. The van der Waals surface area contributed by atoms with E-state index in [9.17, 15) is 4.79 Å². The number of carbonyl (C=O) groups excluding carboxylic acids is 1. The Morgan fingerprint density at radius 2 is 2.50 bits per heavy atom. The predicted octanol–water partition coefficient (Wildman–Crippen LogP) is 0.662. The maximum Gasteiger partial charge on any atom is 0.235 e. The summed E-state index contributed by atoms with van der Waals surface area (Å²) < 4.78 is 0. The van der Waals surface area contributed by atoms with Gasteiger partial charge in [-0.05, 0) is 6.26 Å². The number of halogens is 1. The Labute approximate surface area is 58.0 Å². The summed E-state index contributed by atoms with van der Waals surface area (Å²) in [5.74, 6) is 0.590. The quantitative estimate of drug-likeness (QED) is 0.477. The van der Waals surface area contributed by atoms with E-state index in [0.717, 1.165) is 0 Å². The van der Waals surface area contributed by atoms with Gasteiger partial charge in [0.15, 0.2) is 0 Å². The molecule has 1 N–H and O–H groups in total. The Hall–Kier alpha value is 0.110. The zero-order valence-corrected chi connectivity index (χ0v) is 6.18. The number of amides is 1. The third kappa shape index (κ3) is 4.27. The summed E-state index contributed by atoms with van der Waals surface area (Å²) >= 11 is 6.72. The van der Waals surface area contributed by atoms with Crippen molar-refractivity contribution in [2.24, 2.45) is 0 Å². The van der Waals surface area contributed by atoms with E-state index >= 15 is 0 Å². The maximum absolute atomic E-state index is 10.3. The van der Waals surface area contributed by atoms with E-state index < -0.39 is 0 Å². The van der Waals surface area contributed by atoms with Crippen molar-refractivity contribution in [3.8, 4) is 0 Å². The first kappa shape index (κ1) is 8.11. The lowest BCUT2D eigenvalue weighted by Crippen LogP contribution is -2.23. The molecular formula is C4H8ClNOS. The summed E-state index contributed by atoms with van der Waals surface area (Å²) in [6.07, 6.45) is 1.91. The van der Waals surface area contributed by atoms with E-state index in [1.807, 2.05) is 6.26 Å². The van der Waals surface area contributed by atoms with Crippen molar-refractivity contribution in [2.45, 2.75) is 0 Å². The molecule has 0 heterocycles. The Morgan fingerprint density at radius 1 is 1.88 bits per heavy atom. The fourth-order valence-electron chi connectivity index (χ4n) is 0.200. The molecule has 0 aliphatic heterocycles. The zero-order valence-electron chi connectivity index (χ0n) is 4.61. The van der Waals surface area contributed by atoms with Gasteiger partial charge in [-0.25, -0.2) is 0 Å². The van der Waals surface area contributed by atoms with Gasteiger partial charge in [-0.3, -0.25) is 4.79 Å². The van der Waals surface area contributed by atoms with Crippen molar-refractivity contribution in [1.82, 2.24) is 5.32 Å². The third-order valence-electron chi connectivity index (χ3n) is 0.535. The number of hydrogen-bond acceptors (Lipinski definition) is 2. The van der Waals surface area contributed by atoms with Gasteiger partial charge in [-0.15, -0.1) is 23.4 Å². The van der Waals surface area contributed by atoms with Gasteiger partial charge >= 0.3 is 0 Å². The Balaban J connectivity index is 2.99. The average Bonchev–Trinajstić information content (AvgIpc) is 1.83. The summed E-state index contributed by atoms with van der Waals surface area (Å²) in [7, 11) is 0. The molecule has 0 radical (unpaired) electrons. The minimum absolute atomic E-state index is 0.0561. The second-order valence-electron chi connectivity index (χ2n) is 1.17. The highest BCUT2D eigenvalue weighted by molar-refractivity contribution is 7.98. The minimum atomic E-state index is -0.110. The molecular weight excluding hydrogens is 146 g/mol. The van der Waals surface area contributed by atoms with Gasteiger partial charge in [0.2, 0.25) is 5.91 Å². The molecule has 0 aromatic heterocycles. The van der Waals surface area contributed by atoms with Crippen LogP contribution in [0.1, 0.15) is 0 Å². The third-order valence-corrected chi connectivity index (χ3v) is 1.21. The molecule has 1 amide bonds. The molecule has 0 fully saturated rings. The van der Waals surface area contributed by atoms with Crippen molar-refractivity contribution < 1.29 is 4.79 Å². The van der Waals surface area contributed by atoms with Crippen molar-refractivity contribution in [3.05, 3.63) is 0 Å². The Kier molecular flexibility index (Phi) is 5.32. The van der Waals surface area contributed by atoms with Gasteiger partial charge in [0, 0.05) is 0 Å². The van der Waals surface area contributed by atoms with Crippen molar-refractivity contribution in [2.75, 3.05) is 18.0 Å². The lowest BCUT2D eigenvalue weighted by molar-refractivity contribution is -0.118. The number of carbonyl (C=O) groups is 1. The van der Waals surface area contributed by atoms with Crippen molar-refractivity contribution in [1.29, 1.82) is 0 Å². The van der Waals surface area contributed by atoms with Crippen LogP contribution in [0, 0.1) is 0 Å². The molecule has 0 aliphatic carbocycles. The highest BCUT2D eigenvalue weighted by Crippen LogP contribution is 1.85. The van der Waals surface area contributed by atoms with Gasteiger partial charge in [-0.2, -0.15) is 0 Å². The maximum atomic E-state index is 10.3. The van der Waals surface area contributed by atoms with E-state index in [4.69, 9.17) is 11.6 Å². The van der Waals surface area contributed by atoms with Gasteiger partial charge < -0.3 is 5.32 Å². The van der Waals surface area contributed by atoms with E-state index in [-0.39, 0.29) is 11.8 Å². The van der Waals surface area contributed by atoms with Crippen LogP contribution in [-0.2, 0) is 4.79 Å². The Bertz CT molecular complexity index is 78.4. The van der Waals surface area contributed by atoms with Crippen LogP contribution < -0.4 is 5.32 Å². The first-order valence-corrected chi connectivity index (χ1v) is 4.05. The second kappa shape index (κ2) is 5.25. The normalized spacial score (nSPS) is 8.75. The Morgan fingerprint density at radius 3 is 2.88 bits per heavy atom. The molecule has 8 heavy (non-hydrogen) atoms. The van der Waals surface area contributed by atoms with Gasteiger partial charge in [0.1, 0.15) is 5.88 Å². The molecule has 0 unspecified atom stereocenters. The first-order chi connectivity index (χ1) is 3.81. The minimum Gasteiger partial charge on any atom is -0.346 e.